The van der Waals surface area contributed by atoms with Crippen LogP contribution in [-0.4, -0.2) is 33.3 Å². The summed E-state index contributed by atoms with van der Waals surface area (Å²) < 4.78 is 67.7. The lowest BCUT2D eigenvalue weighted by molar-refractivity contribution is -0.137. The van der Waals surface area contributed by atoms with Gasteiger partial charge in [0, 0.05) is 25.2 Å². The van der Waals surface area contributed by atoms with Crippen molar-refractivity contribution in [2.75, 3.05) is 22.3 Å². The topological polar surface area (TPSA) is 86.8 Å². The number of anilines is 2. The van der Waals surface area contributed by atoms with Crippen LogP contribution in [0.2, 0.25) is 5.02 Å². The van der Waals surface area contributed by atoms with Crippen molar-refractivity contribution in [2.24, 2.45) is 0 Å². The third-order valence-electron chi connectivity index (χ3n) is 5.95. The highest BCUT2D eigenvalue weighted by atomic mass is 35.5. The molecule has 2 amide bonds. The van der Waals surface area contributed by atoms with E-state index in [2.05, 4.69) is 5.32 Å². The Morgan fingerprint density at radius 3 is 2.42 bits per heavy atom. The number of rotatable bonds is 8. The van der Waals surface area contributed by atoms with Crippen LogP contribution in [0.4, 0.5) is 24.5 Å². The van der Waals surface area contributed by atoms with Crippen molar-refractivity contribution in [2.45, 2.75) is 30.5 Å². The Kier molecular flexibility index (Phi) is 7.98. The predicted molar refractivity (Wildman–Crippen MR) is 137 cm³/mol. The number of nitrogens with zero attached hydrogens (tertiary/aromatic N) is 2. The molecular weight excluding hydrogens is 543 g/mol. The minimum atomic E-state index is -4.76. The molecule has 0 spiro atoms. The van der Waals surface area contributed by atoms with Gasteiger partial charge in [-0.05, 0) is 54.4 Å². The molecule has 12 heteroatoms. The molecule has 1 N–H and O–H groups in total. The predicted octanol–water partition coefficient (Wildman–Crippen LogP) is 5.00. The highest BCUT2D eigenvalue weighted by molar-refractivity contribution is 7.92. The molecule has 1 fully saturated rings. The lowest BCUT2D eigenvalue weighted by Crippen LogP contribution is -2.41. The summed E-state index contributed by atoms with van der Waals surface area (Å²) in [5.41, 5.74) is -0.248. The van der Waals surface area contributed by atoms with Gasteiger partial charge >= 0.3 is 6.18 Å². The molecule has 0 bridgehead atoms. The van der Waals surface area contributed by atoms with E-state index in [1.165, 1.54) is 24.3 Å². The number of benzene rings is 3. The second-order valence-electron chi connectivity index (χ2n) is 8.58. The summed E-state index contributed by atoms with van der Waals surface area (Å²) in [5.74, 6) is -0.758. The number of amides is 2. The number of carbonyl (C=O) groups is 2. The summed E-state index contributed by atoms with van der Waals surface area (Å²) in [5, 5.41) is 2.33. The number of hydrogen-bond donors (Lipinski definition) is 1. The molecule has 4 rings (SSSR count). The van der Waals surface area contributed by atoms with Crippen molar-refractivity contribution in [3.05, 3.63) is 88.9 Å². The molecule has 1 saturated heterocycles. The van der Waals surface area contributed by atoms with Gasteiger partial charge < -0.3 is 10.2 Å². The lowest BCUT2D eigenvalue weighted by Gasteiger charge is -2.26. The summed E-state index contributed by atoms with van der Waals surface area (Å²) in [6, 6.07) is 16.3. The van der Waals surface area contributed by atoms with E-state index in [0.29, 0.717) is 34.6 Å². The van der Waals surface area contributed by atoms with Crippen LogP contribution >= 0.6 is 11.6 Å². The summed E-state index contributed by atoms with van der Waals surface area (Å²) in [4.78, 5) is 26.4. The van der Waals surface area contributed by atoms with E-state index in [4.69, 9.17) is 11.6 Å². The average molecular weight is 566 g/mol. The first-order valence-corrected chi connectivity index (χ1v) is 13.4. The minimum Gasteiger partial charge on any atom is -0.350 e. The van der Waals surface area contributed by atoms with E-state index in [1.54, 1.807) is 35.2 Å². The van der Waals surface area contributed by atoms with E-state index in [-0.39, 0.29) is 22.4 Å². The van der Waals surface area contributed by atoms with Gasteiger partial charge in [-0.2, -0.15) is 13.2 Å². The fourth-order valence-electron chi connectivity index (χ4n) is 4.04. The van der Waals surface area contributed by atoms with Gasteiger partial charge in [-0.1, -0.05) is 41.9 Å². The Labute approximate surface area is 222 Å². The van der Waals surface area contributed by atoms with Crippen LogP contribution in [-0.2, 0) is 32.3 Å². The quantitative estimate of drug-likeness (QED) is 0.417. The van der Waals surface area contributed by atoms with Gasteiger partial charge in [-0.25, -0.2) is 8.42 Å². The number of alkyl halides is 3. The standard InChI is InChI=1S/C26H23ClF3N3O4S/c27-22-12-11-19(26(28,29)30)15-23(22)33(38(36,37)21-8-2-1-3-9-21)17-24(34)31-16-18-6-4-7-20(14-18)32-13-5-10-25(32)35/h1-4,6-9,11-12,14-15H,5,10,13,16-17H2,(H,31,34). The molecule has 1 aliphatic heterocycles. The molecular formula is C26H23ClF3N3O4S. The number of hydrogen-bond acceptors (Lipinski definition) is 4. The SMILES string of the molecule is O=C(CN(c1cc(C(F)(F)F)ccc1Cl)S(=O)(=O)c1ccccc1)NCc1cccc(N2CCCC2=O)c1. The van der Waals surface area contributed by atoms with E-state index >= 15 is 0 Å². The van der Waals surface area contributed by atoms with Crippen molar-refractivity contribution >= 4 is 44.8 Å². The number of halogens is 4. The van der Waals surface area contributed by atoms with Gasteiger partial charge in [0.2, 0.25) is 11.8 Å². The maximum Gasteiger partial charge on any atom is 0.416 e. The third kappa shape index (κ3) is 6.11. The van der Waals surface area contributed by atoms with Gasteiger partial charge in [0.05, 0.1) is 21.2 Å². The van der Waals surface area contributed by atoms with Crippen molar-refractivity contribution in [1.29, 1.82) is 0 Å². The summed E-state index contributed by atoms with van der Waals surface area (Å²) >= 11 is 6.15. The average Bonchev–Trinajstić information content (AvgIpc) is 3.32. The van der Waals surface area contributed by atoms with E-state index in [9.17, 15) is 31.2 Å². The zero-order valence-corrected chi connectivity index (χ0v) is 21.5. The van der Waals surface area contributed by atoms with Gasteiger partial charge in [0.15, 0.2) is 0 Å². The Bertz CT molecular complexity index is 1450. The summed E-state index contributed by atoms with van der Waals surface area (Å²) in [6.07, 6.45) is -3.54. The molecule has 7 nitrogen and oxygen atoms in total. The molecule has 1 heterocycles. The van der Waals surface area contributed by atoms with Gasteiger partial charge in [-0.15, -0.1) is 0 Å². The smallest absolute Gasteiger partial charge is 0.350 e. The molecule has 200 valence electrons. The number of carbonyl (C=O) groups excluding carboxylic acids is 2. The van der Waals surface area contributed by atoms with Crippen LogP contribution < -0.4 is 14.5 Å². The second kappa shape index (κ2) is 11.0. The normalized spacial score (nSPS) is 14.0. The molecule has 0 aromatic heterocycles. The monoisotopic (exact) mass is 565 g/mol. The molecule has 3 aromatic carbocycles. The Morgan fingerprint density at radius 1 is 1.03 bits per heavy atom. The van der Waals surface area contributed by atoms with Crippen LogP contribution in [0.25, 0.3) is 0 Å². The van der Waals surface area contributed by atoms with Crippen molar-refractivity contribution < 1.29 is 31.2 Å². The maximum absolute atomic E-state index is 13.4. The third-order valence-corrected chi connectivity index (χ3v) is 8.04. The van der Waals surface area contributed by atoms with Crippen molar-refractivity contribution in [3.8, 4) is 0 Å². The largest absolute Gasteiger partial charge is 0.416 e. The molecule has 0 radical (unpaired) electrons. The molecule has 1 aliphatic rings. The Hall–Kier alpha value is -3.57. The van der Waals surface area contributed by atoms with Crippen molar-refractivity contribution in [1.82, 2.24) is 5.32 Å². The molecule has 38 heavy (non-hydrogen) atoms. The first-order chi connectivity index (χ1) is 18.0. The van der Waals surface area contributed by atoms with Crippen LogP contribution in [0.15, 0.2) is 77.7 Å². The van der Waals surface area contributed by atoms with E-state index < -0.39 is 39.9 Å². The molecule has 0 atom stereocenters. The first kappa shape index (κ1) is 27.5. The summed E-state index contributed by atoms with van der Waals surface area (Å²) in [7, 11) is -4.46. The molecule has 3 aromatic rings. The van der Waals surface area contributed by atoms with Crippen molar-refractivity contribution in [3.63, 3.8) is 0 Å². The molecule has 0 unspecified atom stereocenters. The van der Waals surface area contributed by atoms with E-state index in [0.717, 1.165) is 18.6 Å². The molecule has 0 aliphatic carbocycles. The minimum absolute atomic E-state index is 0.00422. The first-order valence-electron chi connectivity index (χ1n) is 11.6. The number of sulfonamides is 1. The Balaban J connectivity index is 1.60. The fourth-order valence-corrected chi connectivity index (χ4v) is 5.76. The summed E-state index contributed by atoms with van der Waals surface area (Å²) in [6.45, 7) is -0.217. The van der Waals surface area contributed by atoms with Gasteiger partial charge in [0.25, 0.3) is 10.0 Å². The molecule has 0 saturated carbocycles. The van der Waals surface area contributed by atoms with Crippen LogP contribution in [0, 0.1) is 0 Å². The second-order valence-corrected chi connectivity index (χ2v) is 10.9. The maximum atomic E-state index is 13.4. The van der Waals surface area contributed by atoms with Crippen LogP contribution in [0.3, 0.4) is 0 Å². The Morgan fingerprint density at radius 2 is 1.76 bits per heavy atom. The fraction of sp³-hybridized carbons (Fsp3) is 0.231. The van der Waals surface area contributed by atoms with Gasteiger partial charge in [0.1, 0.15) is 6.54 Å². The van der Waals surface area contributed by atoms with Gasteiger partial charge in [-0.3, -0.25) is 13.9 Å². The zero-order valence-electron chi connectivity index (χ0n) is 19.9. The van der Waals surface area contributed by atoms with Crippen LogP contribution in [0.1, 0.15) is 24.0 Å². The van der Waals surface area contributed by atoms with Crippen LogP contribution in [0.5, 0.6) is 0 Å². The van der Waals surface area contributed by atoms with E-state index in [1.807, 2.05) is 0 Å². The zero-order chi connectivity index (χ0) is 27.5. The highest BCUT2D eigenvalue weighted by Gasteiger charge is 2.34. The highest BCUT2D eigenvalue weighted by Crippen LogP contribution is 2.37. The number of nitrogens with one attached hydrogen (secondary N) is 1. The lowest BCUT2D eigenvalue weighted by atomic mass is 10.2.